The fourth-order valence-corrected chi connectivity index (χ4v) is 10.4. The van der Waals surface area contributed by atoms with Gasteiger partial charge in [-0.3, -0.25) is 0 Å². The second-order valence-corrected chi connectivity index (χ2v) is 14.8. The molecule has 0 radical (unpaired) electrons. The van der Waals surface area contributed by atoms with Crippen molar-refractivity contribution in [2.75, 3.05) is 0 Å². The Morgan fingerprint density at radius 1 is 0.255 bits per heavy atom. The van der Waals surface area contributed by atoms with Gasteiger partial charge in [0.25, 0.3) is 0 Å². The normalized spacial score (nSPS) is 12.6. The van der Waals surface area contributed by atoms with Crippen molar-refractivity contribution in [2.24, 2.45) is 0 Å². The van der Waals surface area contributed by atoms with E-state index in [1.54, 1.807) is 0 Å². The molecular weight excluding hydrogens is 613 g/mol. The second-order valence-electron chi connectivity index (χ2n) is 14.8. The predicted molar refractivity (Wildman–Crippen MR) is 219 cm³/mol. The zero-order valence-electron chi connectivity index (χ0n) is 28.8. The van der Waals surface area contributed by atoms with Crippen LogP contribution in [0.2, 0.25) is 0 Å². The number of aryl methyl sites for hydroxylation is 1. The van der Waals surface area contributed by atoms with Crippen LogP contribution < -0.4 is 0 Å². The average Bonchev–Trinajstić information content (AvgIpc) is 3.70. The van der Waals surface area contributed by atoms with Gasteiger partial charge in [-0.25, -0.2) is 0 Å². The van der Waals surface area contributed by atoms with Crippen molar-refractivity contribution in [3.05, 3.63) is 156 Å². The first-order valence-corrected chi connectivity index (χ1v) is 18.1. The highest BCUT2D eigenvalue weighted by Gasteiger charge is 2.32. The van der Waals surface area contributed by atoms with Crippen LogP contribution in [0.1, 0.15) is 16.7 Å². The van der Waals surface area contributed by atoms with Crippen LogP contribution in [0.3, 0.4) is 0 Å². The van der Waals surface area contributed by atoms with Gasteiger partial charge in [0.1, 0.15) is 0 Å². The molecule has 12 rings (SSSR count). The van der Waals surface area contributed by atoms with Crippen LogP contribution in [0.15, 0.2) is 140 Å². The summed E-state index contributed by atoms with van der Waals surface area (Å²) in [5.74, 6) is 0. The molecule has 0 aliphatic heterocycles. The topological polar surface area (TPSA) is 0 Å². The minimum Gasteiger partial charge on any atom is -0.0622 e. The Balaban J connectivity index is 1.20. The van der Waals surface area contributed by atoms with Crippen molar-refractivity contribution in [1.82, 2.24) is 0 Å². The van der Waals surface area contributed by atoms with Gasteiger partial charge in [-0.2, -0.15) is 0 Å². The van der Waals surface area contributed by atoms with Gasteiger partial charge in [0.05, 0.1) is 0 Å². The van der Waals surface area contributed by atoms with E-state index in [1.807, 2.05) is 0 Å². The molecule has 0 atom stereocenters. The summed E-state index contributed by atoms with van der Waals surface area (Å²) in [5.41, 5.74) is 20.2. The lowest BCUT2D eigenvalue weighted by Crippen LogP contribution is -1.98. The summed E-state index contributed by atoms with van der Waals surface area (Å²) in [7, 11) is 0. The molecule has 0 saturated carbocycles. The van der Waals surface area contributed by atoms with Crippen LogP contribution in [0, 0.1) is 20.8 Å². The van der Waals surface area contributed by atoms with E-state index in [1.165, 1.54) is 137 Å². The zero-order chi connectivity index (χ0) is 33.7. The molecule has 0 heteroatoms. The monoisotopic (exact) mass is 644 g/mol. The Bertz CT molecular complexity index is 3050. The largest absolute Gasteiger partial charge is 0.0622 e. The molecule has 0 heterocycles. The molecule has 10 aromatic carbocycles. The molecule has 0 unspecified atom stereocenters. The van der Waals surface area contributed by atoms with Gasteiger partial charge in [0.15, 0.2) is 0 Å². The summed E-state index contributed by atoms with van der Waals surface area (Å²) >= 11 is 0. The Kier molecular flexibility index (Phi) is 5.14. The fourth-order valence-electron chi connectivity index (χ4n) is 10.4. The summed E-state index contributed by atoms with van der Waals surface area (Å²) in [5, 5.41) is 13.7. The first-order valence-electron chi connectivity index (χ1n) is 18.1. The molecule has 0 spiro atoms. The highest BCUT2D eigenvalue weighted by Crippen LogP contribution is 2.59. The summed E-state index contributed by atoms with van der Waals surface area (Å²) in [6.45, 7) is 6.93. The van der Waals surface area contributed by atoms with Gasteiger partial charge in [0.2, 0.25) is 0 Å². The maximum atomic E-state index is 2.43. The van der Waals surface area contributed by atoms with Crippen LogP contribution in [-0.4, -0.2) is 0 Å². The molecule has 0 aromatic heterocycles. The quantitative estimate of drug-likeness (QED) is 0.130. The Morgan fingerprint density at radius 3 is 1.22 bits per heavy atom. The summed E-state index contributed by atoms with van der Waals surface area (Å²) < 4.78 is 0. The third-order valence-corrected chi connectivity index (χ3v) is 12.4. The van der Waals surface area contributed by atoms with E-state index in [2.05, 4.69) is 160 Å². The maximum Gasteiger partial charge on any atom is -0.00137 e. The second kappa shape index (κ2) is 9.50. The standard InChI is InChI=1S/C51H32/c1-27-11-10-16-33-32(27)17-18-34-35-19-20-36-38-21-24-40-45-28(2)43(30-12-6-4-7-13-30)44(31-14-8-5-9-15-31)29(3)46(45)41-25-22-39(49(38)51(40)41)37-23-26-42(47(33)34)50(35)48(36)37/h4-26H,1-3H3. The molecule has 236 valence electrons. The van der Waals surface area contributed by atoms with Crippen LogP contribution >= 0.6 is 0 Å². The number of rotatable bonds is 2. The minimum atomic E-state index is 1.27. The molecule has 51 heavy (non-hydrogen) atoms. The van der Waals surface area contributed by atoms with E-state index in [0.29, 0.717) is 0 Å². The van der Waals surface area contributed by atoms with Crippen LogP contribution in [0.5, 0.6) is 0 Å². The maximum absolute atomic E-state index is 2.43. The Morgan fingerprint density at radius 2 is 0.686 bits per heavy atom. The first-order chi connectivity index (χ1) is 25.1. The third kappa shape index (κ3) is 3.27. The van der Waals surface area contributed by atoms with Crippen molar-refractivity contribution < 1.29 is 0 Å². The van der Waals surface area contributed by atoms with Gasteiger partial charge in [-0.1, -0.05) is 140 Å². The number of fused-ring (bicyclic) bond motifs is 10. The molecule has 0 fully saturated rings. The van der Waals surface area contributed by atoms with Gasteiger partial charge < -0.3 is 0 Å². The summed E-state index contributed by atoms with van der Waals surface area (Å²) in [4.78, 5) is 0. The highest BCUT2D eigenvalue weighted by atomic mass is 14.3. The average molecular weight is 645 g/mol. The van der Waals surface area contributed by atoms with Gasteiger partial charge in [0, 0.05) is 0 Å². The summed E-state index contributed by atoms with van der Waals surface area (Å²) in [6.07, 6.45) is 0. The fraction of sp³-hybridized carbons (Fsp3) is 0.0588. The van der Waals surface area contributed by atoms with E-state index in [-0.39, 0.29) is 0 Å². The highest BCUT2D eigenvalue weighted by molar-refractivity contribution is 6.40. The molecule has 0 amide bonds. The lowest BCUT2D eigenvalue weighted by Gasteiger charge is -2.22. The molecular formula is C51H32. The molecule has 2 aliphatic rings. The molecule has 2 aliphatic carbocycles. The van der Waals surface area contributed by atoms with E-state index in [4.69, 9.17) is 0 Å². The number of benzene rings is 10. The third-order valence-electron chi connectivity index (χ3n) is 12.4. The molecule has 10 aromatic rings. The van der Waals surface area contributed by atoms with Crippen LogP contribution in [0.25, 0.3) is 121 Å². The van der Waals surface area contributed by atoms with Gasteiger partial charge in [-0.05, 0) is 158 Å². The number of hydrogen-bond acceptors (Lipinski definition) is 0. The SMILES string of the molecule is Cc1c(-c2ccccc2)c(-c2ccccc2)c(C)c2c1-c1ccc3c4ccc5c6c(ccc(c7ccc-2c1c37)c64)-c1c-5ccc2c(C)cccc12. The lowest BCUT2D eigenvalue weighted by molar-refractivity contribution is 1.40. The zero-order valence-corrected chi connectivity index (χ0v) is 28.8. The van der Waals surface area contributed by atoms with Gasteiger partial charge in [-0.15, -0.1) is 0 Å². The van der Waals surface area contributed by atoms with Crippen molar-refractivity contribution in [3.8, 4) is 66.8 Å². The Hall–Kier alpha value is -6.24. The van der Waals surface area contributed by atoms with E-state index >= 15 is 0 Å². The molecule has 0 bridgehead atoms. The van der Waals surface area contributed by atoms with Crippen molar-refractivity contribution in [2.45, 2.75) is 20.8 Å². The van der Waals surface area contributed by atoms with Crippen molar-refractivity contribution in [3.63, 3.8) is 0 Å². The smallest absolute Gasteiger partial charge is 0.00137 e. The predicted octanol–water partition coefficient (Wildman–Crippen LogP) is 14.4. The van der Waals surface area contributed by atoms with Crippen molar-refractivity contribution >= 4 is 53.9 Å². The lowest BCUT2D eigenvalue weighted by atomic mass is 9.81. The molecule has 0 nitrogen and oxygen atoms in total. The van der Waals surface area contributed by atoms with E-state index in [9.17, 15) is 0 Å². The molecule has 0 saturated heterocycles. The Labute approximate surface area is 296 Å². The van der Waals surface area contributed by atoms with Gasteiger partial charge >= 0.3 is 0 Å². The summed E-state index contributed by atoms with van der Waals surface area (Å²) in [6, 6.07) is 52.8. The van der Waals surface area contributed by atoms with Crippen LogP contribution in [-0.2, 0) is 0 Å². The first kappa shape index (κ1) is 27.6. The minimum absolute atomic E-state index is 1.27. The van der Waals surface area contributed by atoms with E-state index < -0.39 is 0 Å². The van der Waals surface area contributed by atoms with Crippen molar-refractivity contribution in [1.29, 1.82) is 0 Å². The number of hydrogen-bond donors (Lipinski definition) is 0. The van der Waals surface area contributed by atoms with E-state index in [0.717, 1.165) is 0 Å². The molecule has 0 N–H and O–H groups in total. The van der Waals surface area contributed by atoms with Crippen LogP contribution in [0.4, 0.5) is 0 Å².